The van der Waals surface area contributed by atoms with Gasteiger partial charge in [0.15, 0.2) is 23.3 Å². The molecule has 0 radical (unpaired) electrons. The maximum atomic E-state index is 13.7. The van der Waals surface area contributed by atoms with Crippen molar-refractivity contribution in [3.8, 4) is 0 Å². The van der Waals surface area contributed by atoms with Crippen LogP contribution in [0.3, 0.4) is 0 Å². The lowest BCUT2D eigenvalue weighted by Crippen LogP contribution is -2.31. The Kier molecular flexibility index (Phi) is 4.11. The van der Waals surface area contributed by atoms with Crippen molar-refractivity contribution in [3.63, 3.8) is 0 Å². The number of furan rings is 1. The predicted molar refractivity (Wildman–Crippen MR) is 61.8 cm³/mol. The summed E-state index contributed by atoms with van der Waals surface area (Å²) in [6.45, 7) is 0. The van der Waals surface area contributed by atoms with Crippen molar-refractivity contribution in [2.75, 3.05) is 0 Å². The second-order valence-electron chi connectivity index (χ2n) is 3.72. The molecule has 2 aromatic rings. The van der Waals surface area contributed by atoms with Gasteiger partial charge in [-0.05, 0) is 22.0 Å². The minimum atomic E-state index is -2.24. The Labute approximate surface area is 117 Å². The van der Waals surface area contributed by atoms with E-state index in [0.29, 0.717) is 0 Å². The number of nitrogens with two attached hydrogens (primary N) is 1. The molecule has 2 rings (SSSR count). The Morgan fingerprint density at radius 1 is 1.00 bits per heavy atom. The van der Waals surface area contributed by atoms with Crippen LogP contribution in [0.1, 0.15) is 17.4 Å². The molecular formula is C11H6BrF5N2O. The summed E-state index contributed by atoms with van der Waals surface area (Å²) in [5.74, 6) is -5.29. The lowest BCUT2D eigenvalue weighted by Gasteiger charge is -2.17. The van der Waals surface area contributed by atoms with Crippen molar-refractivity contribution < 1.29 is 26.4 Å². The molecule has 3 nitrogen and oxygen atoms in total. The first kappa shape index (κ1) is 14.9. The van der Waals surface area contributed by atoms with Crippen molar-refractivity contribution in [1.82, 2.24) is 5.43 Å². The van der Waals surface area contributed by atoms with E-state index in [2.05, 4.69) is 15.9 Å². The van der Waals surface area contributed by atoms with E-state index in [-0.39, 0.29) is 10.2 Å². The SMILES string of the molecule is NNC(c1occc1Br)c1c(F)c(F)c(F)c(F)c1F. The van der Waals surface area contributed by atoms with Crippen molar-refractivity contribution in [2.45, 2.75) is 6.04 Å². The number of halogens is 6. The van der Waals surface area contributed by atoms with Gasteiger partial charge in [0.05, 0.1) is 16.3 Å². The van der Waals surface area contributed by atoms with Crippen LogP contribution >= 0.6 is 15.9 Å². The molecule has 20 heavy (non-hydrogen) atoms. The Bertz CT molecular complexity index is 631. The molecule has 0 bridgehead atoms. The third-order valence-electron chi connectivity index (χ3n) is 2.61. The number of nitrogens with one attached hydrogen (secondary N) is 1. The van der Waals surface area contributed by atoms with Crippen LogP contribution < -0.4 is 11.3 Å². The molecule has 0 amide bonds. The van der Waals surface area contributed by atoms with E-state index in [0.717, 1.165) is 6.26 Å². The maximum Gasteiger partial charge on any atom is 0.200 e. The van der Waals surface area contributed by atoms with Gasteiger partial charge in [0.25, 0.3) is 0 Å². The highest BCUT2D eigenvalue weighted by Crippen LogP contribution is 2.34. The summed E-state index contributed by atoms with van der Waals surface area (Å²) in [7, 11) is 0. The van der Waals surface area contributed by atoms with Crippen molar-refractivity contribution in [3.05, 3.63) is 57.2 Å². The van der Waals surface area contributed by atoms with Crippen molar-refractivity contribution in [1.29, 1.82) is 0 Å². The van der Waals surface area contributed by atoms with Crippen molar-refractivity contribution >= 4 is 15.9 Å². The fourth-order valence-corrected chi connectivity index (χ4v) is 2.11. The smallest absolute Gasteiger partial charge is 0.200 e. The highest BCUT2D eigenvalue weighted by molar-refractivity contribution is 9.10. The Morgan fingerprint density at radius 3 is 1.90 bits per heavy atom. The molecule has 1 heterocycles. The van der Waals surface area contributed by atoms with Crippen LogP contribution in [-0.2, 0) is 0 Å². The van der Waals surface area contributed by atoms with Gasteiger partial charge >= 0.3 is 0 Å². The fraction of sp³-hybridized carbons (Fsp3) is 0.0909. The molecule has 0 saturated carbocycles. The van der Waals surface area contributed by atoms with E-state index in [1.165, 1.54) is 6.07 Å². The first-order valence-electron chi connectivity index (χ1n) is 5.10. The molecule has 108 valence electrons. The van der Waals surface area contributed by atoms with E-state index in [4.69, 9.17) is 10.3 Å². The molecule has 1 aromatic carbocycles. The van der Waals surface area contributed by atoms with Gasteiger partial charge in [-0.1, -0.05) is 0 Å². The number of hydrazine groups is 1. The highest BCUT2D eigenvalue weighted by Gasteiger charge is 2.32. The van der Waals surface area contributed by atoms with Gasteiger partial charge in [-0.3, -0.25) is 5.84 Å². The van der Waals surface area contributed by atoms with Crippen LogP contribution in [0.15, 0.2) is 21.2 Å². The lowest BCUT2D eigenvalue weighted by atomic mass is 10.0. The molecule has 0 aliphatic heterocycles. The molecule has 0 fully saturated rings. The molecule has 1 atom stereocenters. The highest BCUT2D eigenvalue weighted by atomic mass is 79.9. The minimum absolute atomic E-state index is 0.129. The molecule has 9 heteroatoms. The van der Waals surface area contributed by atoms with Gasteiger partial charge < -0.3 is 4.42 Å². The summed E-state index contributed by atoms with van der Waals surface area (Å²) in [4.78, 5) is 0. The summed E-state index contributed by atoms with van der Waals surface area (Å²) in [6.07, 6.45) is 1.16. The normalized spacial score (nSPS) is 12.8. The Balaban J connectivity index is 2.71. The molecule has 0 saturated heterocycles. The summed E-state index contributed by atoms with van der Waals surface area (Å²) in [5.41, 5.74) is 0.832. The number of hydrogen-bond donors (Lipinski definition) is 2. The van der Waals surface area contributed by atoms with Crippen LogP contribution in [-0.4, -0.2) is 0 Å². The zero-order valence-corrected chi connectivity index (χ0v) is 11.1. The minimum Gasteiger partial charge on any atom is -0.466 e. The lowest BCUT2D eigenvalue weighted by molar-refractivity contribution is 0.353. The third kappa shape index (κ3) is 2.21. The van der Waals surface area contributed by atoms with Gasteiger partial charge in [-0.15, -0.1) is 0 Å². The summed E-state index contributed by atoms with van der Waals surface area (Å²) in [5, 5.41) is 0. The van der Waals surface area contributed by atoms with E-state index < -0.39 is 40.7 Å². The van der Waals surface area contributed by atoms with E-state index in [1.54, 1.807) is 0 Å². The molecule has 0 spiro atoms. The van der Waals surface area contributed by atoms with Gasteiger partial charge in [0.1, 0.15) is 11.8 Å². The predicted octanol–water partition coefficient (Wildman–Crippen LogP) is 3.29. The number of benzene rings is 1. The van der Waals surface area contributed by atoms with Gasteiger partial charge in [0.2, 0.25) is 5.82 Å². The quantitative estimate of drug-likeness (QED) is 0.291. The third-order valence-corrected chi connectivity index (χ3v) is 3.26. The van der Waals surface area contributed by atoms with E-state index in [1.807, 2.05) is 5.43 Å². The largest absolute Gasteiger partial charge is 0.466 e. The van der Waals surface area contributed by atoms with Crippen LogP contribution in [0.5, 0.6) is 0 Å². The molecular weight excluding hydrogens is 351 g/mol. The fourth-order valence-electron chi connectivity index (χ4n) is 1.68. The standard InChI is InChI=1S/C11H6BrF5N2O/c12-3-1-2-20-11(3)10(19-18)4-5(13)7(15)9(17)8(16)6(4)14/h1-2,10,19H,18H2. The van der Waals surface area contributed by atoms with Gasteiger partial charge in [0, 0.05) is 0 Å². The molecule has 3 N–H and O–H groups in total. The van der Waals surface area contributed by atoms with Gasteiger partial charge in [-0.2, -0.15) is 0 Å². The summed E-state index contributed by atoms with van der Waals surface area (Å²) >= 11 is 3.01. The van der Waals surface area contributed by atoms with E-state index >= 15 is 0 Å². The number of hydrogen-bond acceptors (Lipinski definition) is 3. The molecule has 0 aliphatic rings. The van der Waals surface area contributed by atoms with Crippen LogP contribution in [0.4, 0.5) is 22.0 Å². The first-order valence-corrected chi connectivity index (χ1v) is 5.89. The number of rotatable bonds is 3. The topological polar surface area (TPSA) is 51.2 Å². The van der Waals surface area contributed by atoms with Crippen LogP contribution in [0.2, 0.25) is 0 Å². The van der Waals surface area contributed by atoms with Crippen LogP contribution in [0.25, 0.3) is 0 Å². The van der Waals surface area contributed by atoms with Crippen molar-refractivity contribution in [2.24, 2.45) is 5.84 Å². The maximum absolute atomic E-state index is 13.7. The Morgan fingerprint density at radius 2 is 1.50 bits per heavy atom. The monoisotopic (exact) mass is 356 g/mol. The summed E-state index contributed by atoms with van der Waals surface area (Å²) < 4.78 is 71.9. The molecule has 0 aliphatic carbocycles. The molecule has 1 unspecified atom stereocenters. The Hall–Kier alpha value is -1.45. The average molecular weight is 357 g/mol. The second-order valence-corrected chi connectivity index (χ2v) is 4.57. The zero-order chi connectivity index (χ0) is 15.0. The zero-order valence-electron chi connectivity index (χ0n) is 9.49. The summed E-state index contributed by atoms with van der Waals surface area (Å²) in [6, 6.07) is -0.171. The average Bonchev–Trinajstić information content (AvgIpc) is 2.85. The van der Waals surface area contributed by atoms with Gasteiger partial charge in [-0.25, -0.2) is 27.4 Å². The van der Waals surface area contributed by atoms with E-state index in [9.17, 15) is 22.0 Å². The second kappa shape index (κ2) is 5.51. The molecule has 1 aromatic heterocycles. The van der Waals surface area contributed by atoms with Crippen LogP contribution in [0, 0.1) is 29.1 Å². The first-order chi connectivity index (χ1) is 9.40.